The maximum Gasteiger partial charge on any atom is 0.341 e. The zero-order valence-corrected chi connectivity index (χ0v) is 21.2. The van der Waals surface area contributed by atoms with Crippen LogP contribution in [0.15, 0.2) is 30.3 Å². The van der Waals surface area contributed by atoms with Crippen molar-refractivity contribution in [2.24, 2.45) is 0 Å². The van der Waals surface area contributed by atoms with Gasteiger partial charge in [-0.15, -0.1) is 11.8 Å². The number of urea groups is 2. The van der Waals surface area contributed by atoms with Crippen molar-refractivity contribution in [3.63, 3.8) is 0 Å². The number of benzene rings is 1. The van der Waals surface area contributed by atoms with Crippen LogP contribution in [0.1, 0.15) is 25.5 Å². The summed E-state index contributed by atoms with van der Waals surface area (Å²) in [6, 6.07) is 2.76. The molecule has 4 atom stereocenters. The van der Waals surface area contributed by atoms with Crippen LogP contribution in [0.25, 0.3) is 0 Å². The summed E-state index contributed by atoms with van der Waals surface area (Å²) in [5.74, 6) is -2.42. The molecule has 0 radical (unpaired) electrons. The van der Waals surface area contributed by atoms with Crippen LogP contribution in [0.3, 0.4) is 0 Å². The molecule has 0 aliphatic carbocycles. The van der Waals surface area contributed by atoms with E-state index in [2.05, 4.69) is 10.6 Å². The van der Waals surface area contributed by atoms with Crippen molar-refractivity contribution in [1.29, 1.82) is 0 Å². The van der Waals surface area contributed by atoms with Gasteiger partial charge in [-0.1, -0.05) is 30.3 Å². The highest BCUT2D eigenvalue weighted by molar-refractivity contribution is 8.01. The summed E-state index contributed by atoms with van der Waals surface area (Å²) < 4.78 is 23.3. The van der Waals surface area contributed by atoms with Gasteiger partial charge < -0.3 is 20.6 Å². The minimum absolute atomic E-state index is 0.193. The van der Waals surface area contributed by atoms with Gasteiger partial charge in [-0.25, -0.2) is 32.0 Å². The molecule has 3 fully saturated rings. The number of carboxylic acid groups (broad SMARTS) is 1. The predicted octanol–water partition coefficient (Wildman–Crippen LogP) is -0.234. The van der Waals surface area contributed by atoms with Crippen LogP contribution < -0.4 is 10.6 Å². The third-order valence-corrected chi connectivity index (χ3v) is 8.96. The smallest absolute Gasteiger partial charge is 0.341 e. The highest BCUT2D eigenvalue weighted by atomic mass is 32.2. The summed E-state index contributed by atoms with van der Waals surface area (Å²) in [6.07, 6.45) is 0.850. The Morgan fingerprint density at radius 2 is 1.78 bits per heavy atom. The van der Waals surface area contributed by atoms with Gasteiger partial charge in [-0.2, -0.15) is 0 Å². The molecule has 0 aromatic heterocycles. The highest BCUT2D eigenvalue weighted by Gasteiger charge is 2.64. The third-order valence-electron chi connectivity index (χ3n) is 6.25. The summed E-state index contributed by atoms with van der Waals surface area (Å²) in [4.78, 5) is 65.0. The minimum atomic E-state index is -3.87. The van der Waals surface area contributed by atoms with E-state index in [1.54, 1.807) is 44.2 Å². The van der Waals surface area contributed by atoms with Crippen molar-refractivity contribution < 1.29 is 37.5 Å². The van der Waals surface area contributed by atoms with Crippen molar-refractivity contribution >= 4 is 51.6 Å². The van der Waals surface area contributed by atoms with E-state index in [-0.39, 0.29) is 13.1 Å². The molecule has 1 unspecified atom stereocenters. The monoisotopic (exact) mass is 539 g/mol. The van der Waals surface area contributed by atoms with E-state index in [9.17, 15) is 37.5 Å². The number of imide groups is 1. The Morgan fingerprint density at radius 1 is 1.14 bits per heavy atom. The molecule has 1 aromatic carbocycles. The fourth-order valence-electron chi connectivity index (χ4n) is 4.54. The predicted molar refractivity (Wildman–Crippen MR) is 127 cm³/mol. The lowest BCUT2D eigenvalue weighted by molar-refractivity contribution is -0.161. The molecule has 3 saturated heterocycles. The van der Waals surface area contributed by atoms with Crippen molar-refractivity contribution in [3.8, 4) is 0 Å². The topological polar surface area (TPSA) is 173 Å². The molecular weight excluding hydrogens is 514 g/mol. The second-order valence-electron chi connectivity index (χ2n) is 9.15. The molecule has 13 nitrogen and oxygen atoms in total. The van der Waals surface area contributed by atoms with Crippen molar-refractivity contribution in [3.05, 3.63) is 35.9 Å². The van der Waals surface area contributed by atoms with Crippen molar-refractivity contribution in [2.75, 3.05) is 19.3 Å². The fourth-order valence-corrected chi connectivity index (χ4v) is 6.96. The van der Waals surface area contributed by atoms with E-state index < -0.39 is 68.1 Å². The van der Waals surface area contributed by atoms with Gasteiger partial charge in [0.1, 0.15) is 23.5 Å². The van der Waals surface area contributed by atoms with Gasteiger partial charge in [-0.05, 0) is 19.4 Å². The van der Waals surface area contributed by atoms with E-state index >= 15 is 0 Å². The van der Waals surface area contributed by atoms with E-state index in [0.717, 1.165) is 6.26 Å². The summed E-state index contributed by atoms with van der Waals surface area (Å²) in [7, 11) is -3.87. The Morgan fingerprint density at radius 3 is 2.33 bits per heavy atom. The zero-order chi connectivity index (χ0) is 26.6. The lowest BCUT2D eigenvalue weighted by atomic mass is 9.95. The van der Waals surface area contributed by atoms with Crippen molar-refractivity contribution in [2.45, 2.75) is 42.1 Å². The lowest BCUT2D eigenvalue weighted by Crippen LogP contribution is -2.71. The number of β-lactam (4-membered cyclic amide) rings is 1. The van der Waals surface area contributed by atoms with Gasteiger partial charge in [0.05, 0.1) is 19.3 Å². The van der Waals surface area contributed by atoms with E-state index in [1.165, 1.54) is 16.7 Å². The molecule has 0 saturated carbocycles. The number of hydrogen-bond donors (Lipinski definition) is 3. The number of carbonyl (C=O) groups is 5. The number of amides is 6. The van der Waals surface area contributed by atoms with Crippen LogP contribution in [-0.2, 0) is 24.4 Å². The first-order valence-corrected chi connectivity index (χ1v) is 13.6. The number of carboxylic acids is 1. The average molecular weight is 540 g/mol. The Labute approximate surface area is 211 Å². The van der Waals surface area contributed by atoms with Crippen LogP contribution in [0.5, 0.6) is 0 Å². The fraction of sp³-hybridized carbons (Fsp3) is 0.476. The van der Waals surface area contributed by atoms with E-state index in [4.69, 9.17) is 0 Å². The Kier molecular flexibility index (Phi) is 6.41. The number of carbonyl (C=O) groups excluding carboxylic acids is 4. The SMILES string of the molecule is CC1(C)S[C@@H]2[C@H](NC(=O)C(NC(=O)N3CCN(S(C)(=O)=O)C3=O)c3ccccc3)C(=O)N2[C@H]1C(=O)O. The second-order valence-corrected chi connectivity index (χ2v) is 12.8. The molecule has 0 spiro atoms. The molecule has 15 heteroatoms. The molecular formula is C21H25N5O8S2. The number of thioether (sulfide) groups is 1. The number of aliphatic carboxylic acids is 1. The van der Waals surface area contributed by atoms with Gasteiger partial charge >= 0.3 is 18.0 Å². The number of nitrogens with zero attached hydrogens (tertiary/aromatic N) is 3. The first-order chi connectivity index (χ1) is 16.7. The van der Waals surface area contributed by atoms with Crippen LogP contribution in [0.2, 0.25) is 0 Å². The molecule has 4 rings (SSSR count). The van der Waals surface area contributed by atoms with Gasteiger partial charge in [-0.3, -0.25) is 9.59 Å². The Hall–Kier alpha value is -3.33. The van der Waals surface area contributed by atoms with Crippen LogP contribution in [0.4, 0.5) is 9.59 Å². The van der Waals surface area contributed by atoms with Gasteiger partial charge in [0.15, 0.2) is 0 Å². The lowest BCUT2D eigenvalue weighted by Gasteiger charge is -2.44. The van der Waals surface area contributed by atoms with Crippen molar-refractivity contribution in [1.82, 2.24) is 24.7 Å². The molecule has 6 amide bonds. The number of hydrogen-bond acceptors (Lipinski definition) is 8. The van der Waals surface area contributed by atoms with Gasteiger partial charge in [0.2, 0.25) is 21.8 Å². The minimum Gasteiger partial charge on any atom is -0.480 e. The first kappa shape index (κ1) is 25.8. The highest BCUT2D eigenvalue weighted by Crippen LogP contribution is 2.50. The normalized spacial score (nSPS) is 25.8. The van der Waals surface area contributed by atoms with Crippen LogP contribution in [-0.4, -0.2) is 99.0 Å². The summed E-state index contributed by atoms with van der Waals surface area (Å²) in [5.41, 5.74) is 0.362. The quantitative estimate of drug-likeness (QED) is 0.413. The van der Waals surface area contributed by atoms with Gasteiger partial charge in [0.25, 0.3) is 0 Å². The molecule has 3 aliphatic heterocycles. The van der Waals surface area contributed by atoms with Gasteiger partial charge in [0, 0.05) is 4.75 Å². The maximum atomic E-state index is 13.3. The summed E-state index contributed by atoms with van der Waals surface area (Å²) in [5, 5.41) is 14.0. The number of nitrogens with one attached hydrogen (secondary N) is 2. The first-order valence-electron chi connectivity index (χ1n) is 10.9. The molecule has 194 valence electrons. The Balaban J connectivity index is 1.51. The third kappa shape index (κ3) is 4.36. The molecule has 3 heterocycles. The average Bonchev–Trinajstić information content (AvgIpc) is 3.31. The summed E-state index contributed by atoms with van der Waals surface area (Å²) in [6.45, 7) is 3.02. The largest absolute Gasteiger partial charge is 0.480 e. The second kappa shape index (κ2) is 8.96. The number of rotatable bonds is 6. The molecule has 36 heavy (non-hydrogen) atoms. The van der Waals surface area contributed by atoms with E-state index in [0.29, 0.717) is 14.8 Å². The molecule has 3 aliphatic rings. The molecule has 0 bridgehead atoms. The summed E-state index contributed by atoms with van der Waals surface area (Å²) >= 11 is 1.26. The van der Waals surface area contributed by atoms with Crippen LogP contribution >= 0.6 is 11.8 Å². The number of fused-ring (bicyclic) bond motifs is 1. The molecule has 3 N–H and O–H groups in total. The van der Waals surface area contributed by atoms with E-state index in [1.807, 2.05) is 0 Å². The number of sulfonamides is 1. The zero-order valence-electron chi connectivity index (χ0n) is 19.6. The Bertz CT molecular complexity index is 1240. The maximum absolute atomic E-state index is 13.3. The van der Waals surface area contributed by atoms with Crippen LogP contribution in [0, 0.1) is 0 Å². The standard InChI is InChI=1S/C21H25N5O8S2/c1-21(2)14(18(29)30)26-16(28)13(17(26)35-21)22-15(27)12(11-7-5-4-6-8-11)23-19(31)24-9-10-25(20(24)32)36(3,33)34/h4-8,12-14,17H,9-10H2,1-3H3,(H,22,27)(H,23,31)(H,29,30)/t12?,13-,14+,17-/m1/s1. The molecule has 1 aromatic rings.